The summed E-state index contributed by atoms with van der Waals surface area (Å²) in [6, 6.07) is 5.99. The Hall–Kier alpha value is -1.77. The molecule has 3 rings (SSSR count). The van der Waals surface area contributed by atoms with Gasteiger partial charge in [-0.05, 0) is 44.3 Å². The van der Waals surface area contributed by atoms with Gasteiger partial charge in [0.15, 0.2) is 0 Å². The highest BCUT2D eigenvalue weighted by Crippen LogP contribution is 2.25. The van der Waals surface area contributed by atoms with Crippen LogP contribution in [0.15, 0.2) is 29.2 Å². The maximum atomic E-state index is 12.8. The number of likely N-dealkylation sites (N-methyl/N-ethyl adjacent to an activating group) is 1. The van der Waals surface area contributed by atoms with E-state index in [9.17, 15) is 18.0 Å². The van der Waals surface area contributed by atoms with Gasteiger partial charge in [0.1, 0.15) is 0 Å². The first-order valence-corrected chi connectivity index (χ1v) is 9.48. The lowest BCUT2D eigenvalue weighted by molar-refractivity contribution is -0.121. The summed E-state index contributed by atoms with van der Waals surface area (Å²) in [7, 11) is -1.58. The molecule has 130 valence electrons. The average Bonchev–Trinajstić information content (AvgIpc) is 2.74. The second kappa shape index (κ2) is 6.62. The fourth-order valence-electron chi connectivity index (χ4n) is 3.04. The van der Waals surface area contributed by atoms with Crippen molar-refractivity contribution >= 4 is 27.5 Å². The number of amides is 2. The third-order valence-corrected chi connectivity index (χ3v) is 6.38. The largest absolute Gasteiger partial charge is 0.305 e. The number of anilines is 1. The molecule has 0 aliphatic carbocycles. The zero-order chi connectivity index (χ0) is 17.3. The van der Waals surface area contributed by atoms with Crippen LogP contribution in [0.1, 0.15) is 19.3 Å². The van der Waals surface area contributed by atoms with E-state index in [1.54, 1.807) is 0 Å². The molecular weight excluding hydrogens is 330 g/mol. The number of carbonyl (C=O) groups is 2. The summed E-state index contributed by atoms with van der Waals surface area (Å²) in [5, 5.41) is 0. The summed E-state index contributed by atoms with van der Waals surface area (Å²) in [5.74, 6) is -0.489. The van der Waals surface area contributed by atoms with Crippen LogP contribution in [0.5, 0.6) is 0 Å². The second-order valence-electron chi connectivity index (χ2n) is 6.18. The van der Waals surface area contributed by atoms with Crippen LogP contribution < -0.4 is 4.90 Å². The first kappa shape index (κ1) is 17.1. The third kappa shape index (κ3) is 3.22. The molecule has 0 bridgehead atoms. The number of hydrogen-bond donors (Lipinski definition) is 0. The molecule has 2 fully saturated rings. The predicted molar refractivity (Wildman–Crippen MR) is 89.0 cm³/mol. The molecule has 7 nitrogen and oxygen atoms in total. The molecule has 0 radical (unpaired) electrons. The van der Waals surface area contributed by atoms with Gasteiger partial charge in [-0.3, -0.25) is 14.5 Å². The molecule has 0 N–H and O–H groups in total. The van der Waals surface area contributed by atoms with Crippen molar-refractivity contribution in [3.05, 3.63) is 24.3 Å². The molecular formula is C16H21N3O4S. The number of benzene rings is 1. The van der Waals surface area contributed by atoms with Crippen LogP contribution in [0.2, 0.25) is 0 Å². The van der Waals surface area contributed by atoms with E-state index in [4.69, 9.17) is 0 Å². The van der Waals surface area contributed by atoms with Gasteiger partial charge in [0.25, 0.3) is 0 Å². The summed E-state index contributed by atoms with van der Waals surface area (Å²) in [5.41, 5.74) is 0.428. The molecule has 24 heavy (non-hydrogen) atoms. The van der Waals surface area contributed by atoms with E-state index in [1.165, 1.54) is 28.6 Å². The minimum absolute atomic E-state index is 0.190. The number of carbonyl (C=O) groups excluding carboxylic acids is 2. The molecule has 8 heteroatoms. The predicted octanol–water partition coefficient (Wildman–Crippen LogP) is 0.666. The number of imide groups is 1. The van der Waals surface area contributed by atoms with Gasteiger partial charge in [-0.2, -0.15) is 4.31 Å². The van der Waals surface area contributed by atoms with Crippen LogP contribution >= 0.6 is 0 Å². The summed E-state index contributed by atoms with van der Waals surface area (Å²) < 4.78 is 27.0. The highest BCUT2D eigenvalue weighted by Gasteiger charge is 2.31. The van der Waals surface area contributed by atoms with Gasteiger partial charge in [0, 0.05) is 32.5 Å². The smallest absolute Gasteiger partial charge is 0.243 e. The molecule has 0 atom stereocenters. The van der Waals surface area contributed by atoms with Crippen molar-refractivity contribution in [2.45, 2.75) is 24.2 Å². The normalized spacial score (nSPS) is 21.3. The lowest BCUT2D eigenvalue weighted by Crippen LogP contribution is -2.34. The van der Waals surface area contributed by atoms with Crippen LogP contribution in [-0.4, -0.2) is 62.7 Å². The van der Waals surface area contributed by atoms with Crippen LogP contribution in [-0.2, 0) is 19.6 Å². The van der Waals surface area contributed by atoms with Crippen molar-refractivity contribution in [1.29, 1.82) is 0 Å². The van der Waals surface area contributed by atoms with E-state index in [0.717, 1.165) is 17.9 Å². The van der Waals surface area contributed by atoms with Gasteiger partial charge in [0.05, 0.1) is 10.6 Å². The van der Waals surface area contributed by atoms with Crippen molar-refractivity contribution < 1.29 is 18.0 Å². The standard InChI is InChI=1S/C16H21N3O4S/c1-17-9-2-10-18(12-11-17)24(22,23)14-5-3-13(4-6-14)19-15(20)7-8-16(19)21/h3-6H,2,7-12H2,1H3. The molecule has 2 aliphatic rings. The first-order valence-electron chi connectivity index (χ1n) is 8.04. The Labute approximate surface area is 141 Å². The van der Waals surface area contributed by atoms with Gasteiger partial charge in [-0.1, -0.05) is 0 Å². The van der Waals surface area contributed by atoms with Crippen molar-refractivity contribution in [1.82, 2.24) is 9.21 Å². The zero-order valence-corrected chi connectivity index (χ0v) is 14.5. The summed E-state index contributed by atoms with van der Waals surface area (Å²) >= 11 is 0. The van der Waals surface area contributed by atoms with Gasteiger partial charge in [-0.15, -0.1) is 0 Å². The Morgan fingerprint density at radius 2 is 1.50 bits per heavy atom. The quantitative estimate of drug-likeness (QED) is 0.748. The maximum Gasteiger partial charge on any atom is 0.243 e. The van der Waals surface area contributed by atoms with Crippen LogP contribution in [0.3, 0.4) is 0 Å². The fourth-order valence-corrected chi connectivity index (χ4v) is 4.51. The topological polar surface area (TPSA) is 78.0 Å². The van der Waals surface area contributed by atoms with Crippen molar-refractivity contribution in [3.8, 4) is 0 Å². The van der Waals surface area contributed by atoms with Crippen LogP contribution in [0, 0.1) is 0 Å². The third-order valence-electron chi connectivity index (χ3n) is 4.46. The summed E-state index contributed by atoms with van der Waals surface area (Å²) in [6.45, 7) is 2.54. The van der Waals surface area contributed by atoms with E-state index in [0.29, 0.717) is 25.3 Å². The highest BCUT2D eigenvalue weighted by atomic mass is 32.2. The molecule has 0 spiro atoms. The van der Waals surface area contributed by atoms with Gasteiger partial charge in [-0.25, -0.2) is 8.42 Å². The fraction of sp³-hybridized carbons (Fsp3) is 0.500. The van der Waals surface area contributed by atoms with E-state index in [2.05, 4.69) is 4.90 Å². The summed E-state index contributed by atoms with van der Waals surface area (Å²) in [6.07, 6.45) is 1.21. The lowest BCUT2D eigenvalue weighted by atomic mass is 10.3. The molecule has 2 aliphatic heterocycles. The molecule has 1 aromatic rings. The van der Waals surface area contributed by atoms with Gasteiger partial charge in [0.2, 0.25) is 21.8 Å². The Balaban J connectivity index is 1.82. The summed E-state index contributed by atoms with van der Waals surface area (Å²) in [4.78, 5) is 26.9. The van der Waals surface area contributed by atoms with Crippen molar-refractivity contribution in [2.75, 3.05) is 38.1 Å². The van der Waals surface area contributed by atoms with E-state index >= 15 is 0 Å². The molecule has 2 heterocycles. The Morgan fingerprint density at radius 1 is 0.875 bits per heavy atom. The molecule has 2 saturated heterocycles. The maximum absolute atomic E-state index is 12.8. The SMILES string of the molecule is CN1CCCN(S(=O)(=O)c2ccc(N3C(=O)CCC3=O)cc2)CC1. The second-order valence-corrected chi connectivity index (χ2v) is 8.12. The number of nitrogens with zero attached hydrogens (tertiary/aromatic N) is 3. The zero-order valence-electron chi connectivity index (χ0n) is 13.6. The Kier molecular flexibility index (Phi) is 4.71. The molecule has 2 amide bonds. The molecule has 1 aromatic carbocycles. The monoisotopic (exact) mass is 351 g/mol. The molecule has 0 saturated carbocycles. The van der Waals surface area contributed by atoms with E-state index < -0.39 is 10.0 Å². The lowest BCUT2D eigenvalue weighted by Gasteiger charge is -2.21. The van der Waals surface area contributed by atoms with E-state index in [-0.39, 0.29) is 29.6 Å². The van der Waals surface area contributed by atoms with Crippen molar-refractivity contribution in [2.24, 2.45) is 0 Å². The minimum Gasteiger partial charge on any atom is -0.305 e. The van der Waals surface area contributed by atoms with Crippen LogP contribution in [0.4, 0.5) is 5.69 Å². The minimum atomic E-state index is -3.56. The number of sulfonamides is 1. The molecule has 0 unspecified atom stereocenters. The van der Waals surface area contributed by atoms with Gasteiger partial charge >= 0.3 is 0 Å². The highest BCUT2D eigenvalue weighted by molar-refractivity contribution is 7.89. The number of hydrogen-bond acceptors (Lipinski definition) is 5. The average molecular weight is 351 g/mol. The molecule has 0 aromatic heterocycles. The Bertz CT molecular complexity index is 729. The van der Waals surface area contributed by atoms with Crippen LogP contribution in [0.25, 0.3) is 0 Å². The van der Waals surface area contributed by atoms with E-state index in [1.807, 2.05) is 7.05 Å². The van der Waals surface area contributed by atoms with Crippen molar-refractivity contribution in [3.63, 3.8) is 0 Å². The van der Waals surface area contributed by atoms with Gasteiger partial charge < -0.3 is 4.90 Å². The Morgan fingerprint density at radius 3 is 2.12 bits per heavy atom. The number of rotatable bonds is 3. The first-order chi connectivity index (χ1) is 11.4.